The van der Waals surface area contributed by atoms with Gasteiger partial charge in [-0.1, -0.05) is 18.7 Å². The van der Waals surface area contributed by atoms with Gasteiger partial charge < -0.3 is 4.74 Å². The van der Waals surface area contributed by atoms with Crippen LogP contribution in [0.5, 0.6) is 5.75 Å². The first-order valence-electron chi connectivity index (χ1n) is 4.67. The number of rotatable bonds is 4. The van der Waals surface area contributed by atoms with Gasteiger partial charge in [-0.3, -0.25) is 5.26 Å². The fourth-order valence-corrected chi connectivity index (χ4v) is 1.29. The van der Waals surface area contributed by atoms with Crippen molar-refractivity contribution in [3.05, 3.63) is 42.0 Å². The highest BCUT2D eigenvalue weighted by molar-refractivity contribution is 5.34. The Kier molecular flexibility index (Phi) is 3.50. The average molecular weight is 208 g/mol. The molecule has 0 bridgehead atoms. The topological polar surface area (TPSA) is 38.7 Å². The first-order chi connectivity index (χ1) is 7.04. The summed E-state index contributed by atoms with van der Waals surface area (Å²) in [4.78, 5) is 4.52. The molecule has 1 rings (SSSR count). The van der Waals surface area contributed by atoms with E-state index in [2.05, 4.69) is 11.5 Å². The van der Waals surface area contributed by atoms with Crippen molar-refractivity contribution in [2.75, 3.05) is 7.11 Å². The van der Waals surface area contributed by atoms with E-state index in [1.54, 1.807) is 21.0 Å². The maximum atomic E-state index is 8.94. The van der Waals surface area contributed by atoms with Gasteiger partial charge in [0, 0.05) is 0 Å². The lowest BCUT2D eigenvalue weighted by Gasteiger charge is -2.26. The molecule has 1 unspecified atom stereocenters. The zero-order valence-corrected chi connectivity index (χ0v) is 9.28. The maximum absolute atomic E-state index is 8.94. The van der Waals surface area contributed by atoms with E-state index in [4.69, 9.17) is 9.99 Å². The molecule has 0 saturated heterocycles. The first kappa shape index (κ1) is 11.8. The van der Waals surface area contributed by atoms with Crippen LogP contribution < -0.4 is 4.74 Å². The molecule has 0 heterocycles. The van der Waals surface area contributed by atoms with Crippen LogP contribution in [0.1, 0.15) is 19.4 Å². The number of benzene rings is 1. The molecule has 3 nitrogen and oxygen atoms in total. The molecule has 1 N–H and O–H groups in total. The van der Waals surface area contributed by atoms with Crippen LogP contribution in [0, 0.1) is 0 Å². The van der Waals surface area contributed by atoms with Crippen molar-refractivity contribution in [2.45, 2.75) is 19.4 Å². The van der Waals surface area contributed by atoms with Crippen LogP contribution in [0.2, 0.25) is 0 Å². The van der Waals surface area contributed by atoms with Gasteiger partial charge in [0.25, 0.3) is 0 Å². The normalized spacial score (nSPS) is 14.4. The Morgan fingerprint density at radius 1 is 1.33 bits per heavy atom. The quantitative estimate of drug-likeness (QED) is 0.469. The van der Waals surface area contributed by atoms with Crippen molar-refractivity contribution in [3.8, 4) is 5.75 Å². The molecule has 82 valence electrons. The van der Waals surface area contributed by atoms with Crippen molar-refractivity contribution < 1.29 is 14.9 Å². The van der Waals surface area contributed by atoms with E-state index in [0.29, 0.717) is 0 Å². The second kappa shape index (κ2) is 4.47. The monoisotopic (exact) mass is 208 g/mol. The van der Waals surface area contributed by atoms with Crippen LogP contribution in [0.4, 0.5) is 0 Å². The third-order valence-corrected chi connectivity index (χ3v) is 2.64. The Labute approximate surface area is 89.9 Å². The van der Waals surface area contributed by atoms with Crippen LogP contribution in [0.15, 0.2) is 36.4 Å². The summed E-state index contributed by atoms with van der Waals surface area (Å²) in [5.41, 5.74) is 0.695. The van der Waals surface area contributed by atoms with Crippen LogP contribution in [-0.2, 0) is 10.5 Å². The molecule has 0 aromatic heterocycles. The van der Waals surface area contributed by atoms with Gasteiger partial charge >= 0.3 is 0 Å². The molecule has 0 saturated carbocycles. The highest BCUT2D eigenvalue weighted by Gasteiger charge is 2.29. The van der Waals surface area contributed by atoms with Gasteiger partial charge in [-0.05, 0) is 37.1 Å². The van der Waals surface area contributed by atoms with Gasteiger partial charge in [0.05, 0.1) is 7.11 Å². The smallest absolute Gasteiger partial charge is 0.146 e. The summed E-state index contributed by atoms with van der Waals surface area (Å²) >= 11 is 0. The molecule has 0 fully saturated rings. The Balaban J connectivity index is 3.08. The molecule has 0 aliphatic rings. The molecule has 3 heteroatoms. The third-order valence-electron chi connectivity index (χ3n) is 2.64. The van der Waals surface area contributed by atoms with Crippen LogP contribution >= 0.6 is 0 Å². The van der Waals surface area contributed by atoms with Crippen molar-refractivity contribution in [1.82, 2.24) is 0 Å². The van der Waals surface area contributed by atoms with E-state index < -0.39 is 5.60 Å². The number of ether oxygens (including phenoxy) is 1. The van der Waals surface area contributed by atoms with Gasteiger partial charge in [0.1, 0.15) is 11.4 Å². The van der Waals surface area contributed by atoms with Crippen molar-refractivity contribution >= 4 is 0 Å². The van der Waals surface area contributed by atoms with Crippen molar-refractivity contribution in [3.63, 3.8) is 0 Å². The number of hydrogen-bond donors (Lipinski definition) is 1. The molecule has 0 aliphatic heterocycles. The Morgan fingerprint density at radius 2 is 1.87 bits per heavy atom. The van der Waals surface area contributed by atoms with Crippen LogP contribution in [0.25, 0.3) is 0 Å². The predicted molar refractivity (Wildman–Crippen MR) is 58.9 cm³/mol. The van der Waals surface area contributed by atoms with Crippen LogP contribution in [-0.4, -0.2) is 12.4 Å². The summed E-state index contributed by atoms with van der Waals surface area (Å²) in [6.07, 6.45) is 0. The maximum Gasteiger partial charge on any atom is 0.146 e. The Bertz CT molecular complexity index is 342. The molecule has 0 radical (unpaired) electrons. The molecule has 1 aromatic carbocycles. The SMILES string of the molecule is C=C(C)C(C)(OO)c1ccc(OC)cc1. The molecular formula is C12H16O3. The fraction of sp³-hybridized carbons (Fsp3) is 0.333. The van der Waals surface area contributed by atoms with Gasteiger partial charge in [-0.25, -0.2) is 4.89 Å². The predicted octanol–water partition coefficient (Wildman–Crippen LogP) is 2.98. The van der Waals surface area contributed by atoms with Gasteiger partial charge in [0.2, 0.25) is 0 Å². The summed E-state index contributed by atoms with van der Waals surface area (Å²) in [5.74, 6) is 0.765. The van der Waals surface area contributed by atoms with E-state index in [1.165, 1.54) is 0 Å². The molecule has 1 aromatic rings. The van der Waals surface area contributed by atoms with E-state index >= 15 is 0 Å². The van der Waals surface area contributed by atoms with Gasteiger partial charge in [0.15, 0.2) is 0 Å². The highest BCUT2D eigenvalue weighted by Crippen LogP contribution is 2.32. The van der Waals surface area contributed by atoms with Gasteiger partial charge in [-0.2, -0.15) is 0 Å². The zero-order valence-electron chi connectivity index (χ0n) is 9.28. The first-order valence-corrected chi connectivity index (χ1v) is 4.67. The summed E-state index contributed by atoms with van der Waals surface area (Å²) in [6.45, 7) is 7.37. The molecule has 0 amide bonds. The van der Waals surface area contributed by atoms with E-state index in [9.17, 15) is 0 Å². The summed E-state index contributed by atoms with van der Waals surface area (Å²) in [7, 11) is 1.61. The van der Waals surface area contributed by atoms with Crippen LogP contribution in [0.3, 0.4) is 0 Å². The van der Waals surface area contributed by atoms with Gasteiger partial charge in [-0.15, -0.1) is 0 Å². The zero-order chi connectivity index (χ0) is 11.5. The van der Waals surface area contributed by atoms with E-state index in [1.807, 2.05) is 24.3 Å². The number of hydrogen-bond acceptors (Lipinski definition) is 3. The Morgan fingerprint density at radius 3 is 2.20 bits per heavy atom. The molecule has 0 spiro atoms. The highest BCUT2D eigenvalue weighted by atomic mass is 17.1. The molecule has 0 aliphatic carbocycles. The van der Waals surface area contributed by atoms with E-state index in [0.717, 1.165) is 16.9 Å². The Hall–Kier alpha value is -1.32. The average Bonchev–Trinajstić information content (AvgIpc) is 2.28. The minimum absolute atomic E-state index is 0.732. The molecular weight excluding hydrogens is 192 g/mol. The standard InChI is InChI=1S/C12H16O3/c1-9(2)12(3,15-13)10-5-7-11(14-4)8-6-10/h5-8,13H,1H2,2-4H3. The number of methoxy groups -OCH3 is 1. The summed E-state index contributed by atoms with van der Waals surface area (Å²) in [6, 6.07) is 7.30. The van der Waals surface area contributed by atoms with Crippen molar-refractivity contribution in [1.29, 1.82) is 0 Å². The molecule has 15 heavy (non-hydrogen) atoms. The largest absolute Gasteiger partial charge is 0.497 e. The second-order valence-corrected chi connectivity index (χ2v) is 3.63. The lowest BCUT2D eigenvalue weighted by atomic mass is 9.90. The van der Waals surface area contributed by atoms with Crippen molar-refractivity contribution in [2.24, 2.45) is 0 Å². The molecule has 1 atom stereocenters. The minimum atomic E-state index is -0.869. The fourth-order valence-electron chi connectivity index (χ4n) is 1.29. The summed E-state index contributed by atoms with van der Waals surface area (Å²) in [5, 5.41) is 8.94. The summed E-state index contributed by atoms with van der Waals surface area (Å²) < 4.78 is 5.05. The second-order valence-electron chi connectivity index (χ2n) is 3.63. The minimum Gasteiger partial charge on any atom is -0.497 e. The third kappa shape index (κ3) is 2.19. The lowest BCUT2D eigenvalue weighted by Crippen LogP contribution is -2.25. The lowest BCUT2D eigenvalue weighted by molar-refractivity contribution is -0.311. The van der Waals surface area contributed by atoms with E-state index in [-0.39, 0.29) is 0 Å².